The molecule has 1 atom stereocenters. The molecule has 1 amide bonds. The van der Waals surface area contributed by atoms with E-state index in [1.165, 1.54) is 0 Å². The number of carboxylic acid groups (broad SMARTS) is 1. The van der Waals surface area contributed by atoms with Crippen LogP contribution in [0.2, 0.25) is 0 Å². The molecule has 2 heterocycles. The van der Waals surface area contributed by atoms with Crippen LogP contribution in [0.25, 0.3) is 0 Å². The first-order chi connectivity index (χ1) is 17.3. The largest absolute Gasteiger partial charge is 0.487 e. The van der Waals surface area contributed by atoms with Gasteiger partial charge in [-0.2, -0.15) is 5.26 Å². The Bertz CT molecular complexity index is 1190. The fourth-order valence-corrected chi connectivity index (χ4v) is 4.66. The molecule has 0 bridgehead atoms. The maximum absolute atomic E-state index is 12.5. The summed E-state index contributed by atoms with van der Waals surface area (Å²) in [6.45, 7) is 6.20. The molecule has 0 spiro atoms. The molecule has 1 aliphatic heterocycles. The molecule has 2 aliphatic rings. The van der Waals surface area contributed by atoms with Crippen molar-refractivity contribution in [2.45, 2.75) is 51.7 Å². The topological polar surface area (TPSA) is 116 Å². The minimum Gasteiger partial charge on any atom is -0.487 e. The minimum absolute atomic E-state index is 0.00577. The molecule has 1 saturated carbocycles. The summed E-state index contributed by atoms with van der Waals surface area (Å²) in [4.78, 5) is 32.7. The molecule has 4 rings (SSSR count). The summed E-state index contributed by atoms with van der Waals surface area (Å²) in [7, 11) is 1.59. The number of rotatable bonds is 9. The molecule has 1 saturated heterocycles. The standard InChI is InChI=1S/C27H32N4O5/c1-17-12-19(4-7-22(17)27(33)34)16-36-23-13-21(14-28)26(29-25(23)20-5-6-20)30-9-10-31(18(2)15-30)24(32)8-11-35-3/h4,7,12-13,18,20H,5-6,8-11,15-16H2,1-3H3,(H,33,34). The Labute approximate surface area is 211 Å². The van der Waals surface area contributed by atoms with Crippen LogP contribution in [0.4, 0.5) is 5.82 Å². The summed E-state index contributed by atoms with van der Waals surface area (Å²) < 4.78 is 11.2. The number of aromatic carboxylic acids is 1. The number of nitrogens with zero attached hydrogens (tertiary/aromatic N) is 4. The Morgan fingerprint density at radius 1 is 1.25 bits per heavy atom. The van der Waals surface area contributed by atoms with E-state index in [-0.39, 0.29) is 24.1 Å². The molecule has 190 valence electrons. The van der Waals surface area contributed by atoms with E-state index in [0.29, 0.717) is 61.3 Å². The highest BCUT2D eigenvalue weighted by Crippen LogP contribution is 2.45. The average Bonchev–Trinajstić information content (AvgIpc) is 3.70. The number of aromatic nitrogens is 1. The van der Waals surface area contributed by atoms with Crippen molar-refractivity contribution in [3.8, 4) is 11.8 Å². The van der Waals surface area contributed by atoms with E-state index in [0.717, 1.165) is 24.1 Å². The van der Waals surface area contributed by atoms with Gasteiger partial charge in [0, 0.05) is 44.8 Å². The molecule has 9 heteroatoms. The normalized spacial score (nSPS) is 17.6. The van der Waals surface area contributed by atoms with Crippen LogP contribution in [0.3, 0.4) is 0 Å². The van der Waals surface area contributed by atoms with Gasteiger partial charge in [-0.25, -0.2) is 9.78 Å². The molecule has 2 fully saturated rings. The summed E-state index contributed by atoms with van der Waals surface area (Å²) in [6.07, 6.45) is 2.41. The number of carboxylic acids is 1. The smallest absolute Gasteiger partial charge is 0.335 e. The zero-order valence-electron chi connectivity index (χ0n) is 21.0. The Kier molecular flexibility index (Phi) is 7.75. The van der Waals surface area contributed by atoms with Gasteiger partial charge in [-0.3, -0.25) is 4.79 Å². The number of aryl methyl sites for hydroxylation is 1. The zero-order valence-corrected chi connectivity index (χ0v) is 21.0. The summed E-state index contributed by atoms with van der Waals surface area (Å²) >= 11 is 0. The SMILES string of the molecule is COCCC(=O)N1CCN(c2nc(C3CC3)c(OCc3ccc(C(=O)O)c(C)c3)cc2C#N)CC1C. The van der Waals surface area contributed by atoms with Crippen molar-refractivity contribution in [3.05, 3.63) is 52.2 Å². The lowest BCUT2D eigenvalue weighted by molar-refractivity contribution is -0.134. The second-order valence-corrected chi connectivity index (χ2v) is 9.50. The number of piperazine rings is 1. The Morgan fingerprint density at radius 2 is 2.03 bits per heavy atom. The molecule has 1 N–H and O–H groups in total. The lowest BCUT2D eigenvalue weighted by Gasteiger charge is -2.40. The molecule has 2 aromatic rings. The minimum atomic E-state index is -0.955. The Balaban J connectivity index is 1.52. The molecule has 9 nitrogen and oxygen atoms in total. The predicted molar refractivity (Wildman–Crippen MR) is 133 cm³/mol. The maximum Gasteiger partial charge on any atom is 0.335 e. The van der Waals surface area contributed by atoms with Gasteiger partial charge in [0.15, 0.2) is 0 Å². The van der Waals surface area contributed by atoms with Crippen LogP contribution in [0.1, 0.15) is 64.8 Å². The molecule has 1 aliphatic carbocycles. The van der Waals surface area contributed by atoms with E-state index >= 15 is 0 Å². The zero-order chi connectivity index (χ0) is 25.8. The second-order valence-electron chi connectivity index (χ2n) is 9.50. The number of carbonyl (C=O) groups excluding carboxylic acids is 1. The predicted octanol–water partition coefficient (Wildman–Crippen LogP) is 3.49. The van der Waals surface area contributed by atoms with Gasteiger partial charge in [0.05, 0.1) is 29.8 Å². The number of hydrogen-bond acceptors (Lipinski definition) is 7. The monoisotopic (exact) mass is 492 g/mol. The second kappa shape index (κ2) is 11.0. The van der Waals surface area contributed by atoms with Crippen LogP contribution in [-0.4, -0.2) is 66.3 Å². The number of amides is 1. The summed E-state index contributed by atoms with van der Waals surface area (Å²) in [6, 6.07) is 9.18. The van der Waals surface area contributed by atoms with E-state index in [4.69, 9.17) is 14.5 Å². The number of pyridine rings is 1. The molecule has 0 radical (unpaired) electrons. The van der Waals surface area contributed by atoms with Gasteiger partial charge in [0.1, 0.15) is 24.2 Å². The number of hydrogen-bond donors (Lipinski definition) is 1. The van der Waals surface area contributed by atoms with Crippen molar-refractivity contribution >= 4 is 17.7 Å². The highest BCUT2D eigenvalue weighted by Gasteiger charge is 2.33. The fraction of sp³-hybridized carbons (Fsp3) is 0.481. The van der Waals surface area contributed by atoms with Gasteiger partial charge in [-0.1, -0.05) is 12.1 Å². The molecular formula is C27H32N4O5. The van der Waals surface area contributed by atoms with Crippen LogP contribution >= 0.6 is 0 Å². The molecule has 1 aromatic carbocycles. The molecule has 1 unspecified atom stereocenters. The quantitative estimate of drug-likeness (QED) is 0.566. The van der Waals surface area contributed by atoms with Crippen molar-refractivity contribution in [2.24, 2.45) is 0 Å². The molecular weight excluding hydrogens is 460 g/mol. The van der Waals surface area contributed by atoms with E-state index in [2.05, 4.69) is 11.0 Å². The van der Waals surface area contributed by atoms with Crippen LogP contribution in [-0.2, 0) is 16.1 Å². The number of nitriles is 1. The number of ether oxygens (including phenoxy) is 2. The van der Waals surface area contributed by atoms with Crippen molar-refractivity contribution in [2.75, 3.05) is 38.3 Å². The third-order valence-corrected chi connectivity index (χ3v) is 6.76. The third-order valence-electron chi connectivity index (χ3n) is 6.76. The van der Waals surface area contributed by atoms with Gasteiger partial charge in [-0.05, 0) is 43.9 Å². The van der Waals surface area contributed by atoms with Crippen LogP contribution in [0.5, 0.6) is 5.75 Å². The van der Waals surface area contributed by atoms with Crippen molar-refractivity contribution in [1.29, 1.82) is 5.26 Å². The van der Waals surface area contributed by atoms with Gasteiger partial charge in [0.25, 0.3) is 0 Å². The highest BCUT2D eigenvalue weighted by molar-refractivity contribution is 5.89. The van der Waals surface area contributed by atoms with Crippen LogP contribution < -0.4 is 9.64 Å². The summed E-state index contributed by atoms with van der Waals surface area (Å²) in [5.74, 6) is 0.663. The van der Waals surface area contributed by atoms with Gasteiger partial charge >= 0.3 is 5.97 Å². The first kappa shape index (κ1) is 25.5. The first-order valence-electron chi connectivity index (χ1n) is 12.3. The first-order valence-corrected chi connectivity index (χ1v) is 12.3. The number of carbonyl (C=O) groups is 2. The fourth-order valence-electron chi connectivity index (χ4n) is 4.66. The molecule has 36 heavy (non-hydrogen) atoms. The average molecular weight is 493 g/mol. The van der Waals surface area contributed by atoms with E-state index in [9.17, 15) is 20.0 Å². The number of anilines is 1. The van der Waals surface area contributed by atoms with Gasteiger partial charge < -0.3 is 24.4 Å². The van der Waals surface area contributed by atoms with Crippen LogP contribution in [0.15, 0.2) is 24.3 Å². The van der Waals surface area contributed by atoms with Crippen LogP contribution in [0, 0.1) is 18.3 Å². The van der Waals surface area contributed by atoms with Crippen molar-refractivity contribution in [1.82, 2.24) is 9.88 Å². The Hall–Kier alpha value is -3.64. The number of methoxy groups -OCH3 is 1. The maximum atomic E-state index is 12.5. The van der Waals surface area contributed by atoms with E-state index in [1.807, 2.05) is 17.9 Å². The van der Waals surface area contributed by atoms with Gasteiger partial charge in [0.2, 0.25) is 5.91 Å². The van der Waals surface area contributed by atoms with Crippen molar-refractivity contribution < 1.29 is 24.2 Å². The van der Waals surface area contributed by atoms with E-state index in [1.54, 1.807) is 32.2 Å². The van der Waals surface area contributed by atoms with E-state index < -0.39 is 5.97 Å². The summed E-state index contributed by atoms with van der Waals surface area (Å²) in [5.41, 5.74) is 3.09. The lowest BCUT2D eigenvalue weighted by Crippen LogP contribution is -2.54. The highest BCUT2D eigenvalue weighted by atomic mass is 16.5. The number of benzene rings is 1. The third kappa shape index (κ3) is 5.60. The Morgan fingerprint density at radius 3 is 2.64 bits per heavy atom. The van der Waals surface area contributed by atoms with Crippen molar-refractivity contribution in [3.63, 3.8) is 0 Å². The van der Waals surface area contributed by atoms with Gasteiger partial charge in [-0.15, -0.1) is 0 Å². The summed E-state index contributed by atoms with van der Waals surface area (Å²) in [5, 5.41) is 19.2. The molecule has 1 aromatic heterocycles. The lowest BCUT2D eigenvalue weighted by atomic mass is 10.1.